The number of nitrogens with zero attached hydrogens (tertiary/aromatic N) is 4. The molecule has 1 unspecified atom stereocenters. The summed E-state index contributed by atoms with van der Waals surface area (Å²) in [5.41, 5.74) is 1.22. The molecule has 0 radical (unpaired) electrons. The first-order chi connectivity index (χ1) is 13.2. The zero-order chi connectivity index (χ0) is 18.6. The highest BCUT2D eigenvalue weighted by atomic mass is 127. The Morgan fingerprint density at radius 3 is 2.61 bits per heavy atom. The van der Waals surface area contributed by atoms with E-state index in [0.29, 0.717) is 0 Å². The summed E-state index contributed by atoms with van der Waals surface area (Å²) in [7, 11) is 0. The number of nitrogens with one attached hydrogen (secondary N) is 1. The first-order valence-electron chi connectivity index (χ1n) is 10.5. The summed E-state index contributed by atoms with van der Waals surface area (Å²) in [6.45, 7) is 10.6. The van der Waals surface area contributed by atoms with Gasteiger partial charge in [-0.1, -0.05) is 17.7 Å². The van der Waals surface area contributed by atoms with Crippen molar-refractivity contribution < 1.29 is 0 Å². The fourth-order valence-electron chi connectivity index (χ4n) is 4.27. The molecule has 0 bridgehead atoms. The molecule has 1 aromatic rings. The third-order valence-electron chi connectivity index (χ3n) is 5.97. The number of hydrogen-bond acceptors (Lipinski definition) is 3. The topological polar surface area (TPSA) is 34.1 Å². The van der Waals surface area contributed by atoms with Gasteiger partial charge in [-0.15, -0.1) is 24.0 Å². The Hall–Kier alpha value is -0.730. The second kappa shape index (κ2) is 10.3. The molecule has 2 heterocycles. The van der Waals surface area contributed by atoms with E-state index in [1.54, 1.807) is 0 Å². The van der Waals surface area contributed by atoms with Crippen LogP contribution in [-0.4, -0.2) is 74.2 Å². The van der Waals surface area contributed by atoms with Gasteiger partial charge in [0, 0.05) is 62.6 Å². The van der Waals surface area contributed by atoms with E-state index in [9.17, 15) is 0 Å². The van der Waals surface area contributed by atoms with Crippen molar-refractivity contribution in [2.75, 3.05) is 57.3 Å². The van der Waals surface area contributed by atoms with Gasteiger partial charge in [0.15, 0.2) is 5.96 Å². The molecular formula is C21H33ClIN5. The van der Waals surface area contributed by atoms with Crippen LogP contribution in [0.1, 0.15) is 26.2 Å². The van der Waals surface area contributed by atoms with Crippen molar-refractivity contribution >= 4 is 47.2 Å². The van der Waals surface area contributed by atoms with E-state index in [0.717, 1.165) is 62.2 Å². The maximum absolute atomic E-state index is 6.15. The van der Waals surface area contributed by atoms with Crippen molar-refractivity contribution in [1.82, 2.24) is 15.1 Å². The molecular weight excluding hydrogens is 485 g/mol. The van der Waals surface area contributed by atoms with Gasteiger partial charge in [-0.05, 0) is 56.8 Å². The van der Waals surface area contributed by atoms with E-state index in [1.807, 2.05) is 12.1 Å². The maximum atomic E-state index is 6.15. The standard InChI is InChI=1S/C21H32ClN5.HI/c1-2-23-21(24-15-17-8-9-27(16-17)19-6-7-19)26-12-10-25(11-13-26)20-5-3-4-18(22)14-20;/h3-5,14,17,19H,2,6-13,15-16H2,1H3,(H,23,24);1H. The van der Waals surface area contributed by atoms with Gasteiger partial charge < -0.3 is 20.0 Å². The summed E-state index contributed by atoms with van der Waals surface area (Å²) in [6.07, 6.45) is 4.13. The molecule has 1 N–H and O–H groups in total. The maximum Gasteiger partial charge on any atom is 0.194 e. The number of likely N-dealkylation sites (tertiary alicyclic amines) is 1. The van der Waals surface area contributed by atoms with Gasteiger partial charge in [0.1, 0.15) is 0 Å². The van der Waals surface area contributed by atoms with Gasteiger partial charge >= 0.3 is 0 Å². The van der Waals surface area contributed by atoms with Crippen molar-refractivity contribution in [2.24, 2.45) is 10.9 Å². The summed E-state index contributed by atoms with van der Waals surface area (Å²) >= 11 is 6.15. The van der Waals surface area contributed by atoms with Crippen LogP contribution in [-0.2, 0) is 0 Å². The number of hydrogen-bond donors (Lipinski definition) is 1. The Balaban J connectivity index is 0.00000225. The number of anilines is 1. The van der Waals surface area contributed by atoms with Crippen LogP contribution in [0.5, 0.6) is 0 Å². The molecule has 3 fully saturated rings. The summed E-state index contributed by atoms with van der Waals surface area (Å²) < 4.78 is 0. The summed E-state index contributed by atoms with van der Waals surface area (Å²) in [4.78, 5) is 12.5. The summed E-state index contributed by atoms with van der Waals surface area (Å²) in [5.74, 6) is 1.82. The Morgan fingerprint density at radius 1 is 1.14 bits per heavy atom. The fraction of sp³-hybridized carbons (Fsp3) is 0.667. The SMILES string of the molecule is CCNC(=NCC1CCN(C2CC2)C1)N1CCN(c2cccc(Cl)c2)CC1.I. The Morgan fingerprint density at radius 2 is 1.93 bits per heavy atom. The van der Waals surface area contributed by atoms with Crippen LogP contribution in [0.2, 0.25) is 5.02 Å². The highest BCUT2D eigenvalue weighted by Crippen LogP contribution is 2.31. The van der Waals surface area contributed by atoms with E-state index in [2.05, 4.69) is 39.1 Å². The minimum atomic E-state index is 0. The minimum Gasteiger partial charge on any atom is -0.368 e. The lowest BCUT2D eigenvalue weighted by Crippen LogP contribution is -2.52. The quantitative estimate of drug-likeness (QED) is 0.368. The van der Waals surface area contributed by atoms with Crippen LogP contribution in [0, 0.1) is 5.92 Å². The van der Waals surface area contributed by atoms with Crippen molar-refractivity contribution in [1.29, 1.82) is 0 Å². The summed E-state index contributed by atoms with van der Waals surface area (Å²) in [5, 5.41) is 4.32. The molecule has 0 spiro atoms. The van der Waals surface area contributed by atoms with Gasteiger partial charge in [-0.25, -0.2) is 0 Å². The van der Waals surface area contributed by atoms with E-state index >= 15 is 0 Å². The molecule has 7 heteroatoms. The van der Waals surface area contributed by atoms with E-state index < -0.39 is 0 Å². The smallest absolute Gasteiger partial charge is 0.194 e. The van der Waals surface area contributed by atoms with Gasteiger partial charge in [0.25, 0.3) is 0 Å². The van der Waals surface area contributed by atoms with Crippen LogP contribution in [0.25, 0.3) is 0 Å². The van der Waals surface area contributed by atoms with E-state index in [1.165, 1.54) is 38.0 Å². The normalized spacial score (nSPS) is 23.6. The van der Waals surface area contributed by atoms with Gasteiger partial charge in [-0.2, -0.15) is 0 Å². The van der Waals surface area contributed by atoms with Gasteiger partial charge in [0.2, 0.25) is 0 Å². The molecule has 0 amide bonds. The van der Waals surface area contributed by atoms with Crippen molar-refractivity contribution in [2.45, 2.75) is 32.2 Å². The minimum absolute atomic E-state index is 0. The van der Waals surface area contributed by atoms with Crippen molar-refractivity contribution in [3.63, 3.8) is 0 Å². The Bertz CT molecular complexity index is 658. The van der Waals surface area contributed by atoms with E-state index in [-0.39, 0.29) is 24.0 Å². The van der Waals surface area contributed by atoms with Crippen molar-refractivity contribution in [3.05, 3.63) is 29.3 Å². The average molecular weight is 518 g/mol. The molecule has 1 saturated carbocycles. The third-order valence-corrected chi connectivity index (χ3v) is 6.20. The van der Waals surface area contributed by atoms with E-state index in [4.69, 9.17) is 16.6 Å². The largest absolute Gasteiger partial charge is 0.368 e. The molecule has 28 heavy (non-hydrogen) atoms. The molecule has 1 aromatic carbocycles. The first-order valence-corrected chi connectivity index (χ1v) is 10.9. The molecule has 1 atom stereocenters. The van der Waals surface area contributed by atoms with Gasteiger partial charge in [0.05, 0.1) is 0 Å². The molecule has 5 nitrogen and oxygen atoms in total. The molecule has 1 aliphatic carbocycles. The van der Waals surface area contributed by atoms with Crippen LogP contribution in [0.4, 0.5) is 5.69 Å². The predicted octanol–water partition coefficient (Wildman–Crippen LogP) is 3.53. The van der Waals surface area contributed by atoms with Crippen LogP contribution in [0.15, 0.2) is 29.3 Å². The molecule has 2 saturated heterocycles. The Labute approximate surface area is 191 Å². The Kier molecular flexibility index (Phi) is 8.12. The highest BCUT2D eigenvalue weighted by Gasteiger charge is 2.34. The lowest BCUT2D eigenvalue weighted by molar-refractivity contribution is 0.315. The highest BCUT2D eigenvalue weighted by molar-refractivity contribution is 14.0. The average Bonchev–Trinajstić information content (AvgIpc) is 3.44. The van der Waals surface area contributed by atoms with Gasteiger partial charge in [-0.3, -0.25) is 4.99 Å². The van der Waals surface area contributed by atoms with Crippen LogP contribution < -0.4 is 10.2 Å². The molecule has 156 valence electrons. The molecule has 4 rings (SSSR count). The summed E-state index contributed by atoms with van der Waals surface area (Å²) in [6, 6.07) is 9.06. The third kappa shape index (κ3) is 5.66. The zero-order valence-electron chi connectivity index (χ0n) is 16.8. The number of guanidine groups is 1. The molecule has 3 aliphatic rings. The first kappa shape index (κ1) is 22.0. The molecule has 2 aliphatic heterocycles. The lowest BCUT2D eigenvalue weighted by Gasteiger charge is -2.37. The number of benzene rings is 1. The predicted molar refractivity (Wildman–Crippen MR) is 129 cm³/mol. The zero-order valence-corrected chi connectivity index (χ0v) is 19.9. The number of rotatable bonds is 5. The number of aliphatic imine (C=N–C) groups is 1. The van der Waals surface area contributed by atoms with Crippen LogP contribution in [0.3, 0.4) is 0 Å². The fourth-order valence-corrected chi connectivity index (χ4v) is 4.46. The van der Waals surface area contributed by atoms with Crippen LogP contribution >= 0.6 is 35.6 Å². The second-order valence-corrected chi connectivity index (χ2v) is 8.47. The number of halogens is 2. The monoisotopic (exact) mass is 517 g/mol. The number of piperazine rings is 1. The second-order valence-electron chi connectivity index (χ2n) is 8.03. The lowest BCUT2D eigenvalue weighted by atomic mass is 10.1. The van der Waals surface area contributed by atoms with Crippen molar-refractivity contribution in [3.8, 4) is 0 Å². The molecule has 0 aromatic heterocycles.